The fraction of sp³-hybridized carbons (Fsp3) is 0.200. The molecule has 2 unspecified atom stereocenters. The predicted molar refractivity (Wildman–Crippen MR) is 66.2 cm³/mol. The lowest BCUT2D eigenvalue weighted by molar-refractivity contribution is -0.0488. The molecule has 2 atom stereocenters. The first-order valence-electron chi connectivity index (χ1n) is 5.92. The zero-order valence-electron chi connectivity index (χ0n) is 9.63. The number of hydrogen-bond acceptors (Lipinski definition) is 2. The molecule has 2 aromatic carbocycles. The van der Waals surface area contributed by atoms with Crippen LogP contribution in [0, 0.1) is 0 Å². The molecule has 2 nitrogen and oxygen atoms in total. The lowest BCUT2D eigenvalue weighted by Gasteiger charge is -2.16. The third-order valence-corrected chi connectivity index (χ3v) is 3.82. The number of benzene rings is 2. The average molecular weight is 223 g/mol. The van der Waals surface area contributed by atoms with E-state index >= 15 is 0 Å². The Kier molecular flexibility index (Phi) is 1.76. The zero-order valence-corrected chi connectivity index (χ0v) is 9.63. The van der Waals surface area contributed by atoms with E-state index in [4.69, 9.17) is 4.84 Å². The highest BCUT2D eigenvalue weighted by molar-refractivity contribution is 5.76. The van der Waals surface area contributed by atoms with Crippen molar-refractivity contribution >= 4 is 0 Å². The summed E-state index contributed by atoms with van der Waals surface area (Å²) in [7, 11) is 1.75. The van der Waals surface area contributed by atoms with Crippen LogP contribution in [0.5, 0.6) is 0 Å². The topological polar surface area (TPSA) is 12.2 Å². The van der Waals surface area contributed by atoms with E-state index in [0.717, 1.165) is 0 Å². The maximum Gasteiger partial charge on any atom is 0.0836 e. The van der Waals surface area contributed by atoms with Gasteiger partial charge in [0.05, 0.1) is 19.2 Å². The summed E-state index contributed by atoms with van der Waals surface area (Å²) in [5, 5.41) is 2.07. The van der Waals surface area contributed by atoms with Gasteiger partial charge in [-0.2, -0.15) is 5.06 Å². The molecule has 0 bridgehead atoms. The zero-order chi connectivity index (χ0) is 11.4. The van der Waals surface area contributed by atoms with Crippen molar-refractivity contribution in [3.63, 3.8) is 0 Å². The molecule has 2 aromatic rings. The normalized spacial score (nSPS) is 27.9. The molecule has 2 aliphatic rings. The van der Waals surface area contributed by atoms with Crippen LogP contribution < -0.4 is 0 Å². The molecule has 0 saturated carbocycles. The van der Waals surface area contributed by atoms with Gasteiger partial charge < -0.3 is 4.84 Å². The summed E-state index contributed by atoms with van der Waals surface area (Å²) in [5.74, 6) is 0. The van der Waals surface area contributed by atoms with Crippen LogP contribution in [0.25, 0.3) is 11.1 Å². The van der Waals surface area contributed by atoms with E-state index < -0.39 is 0 Å². The van der Waals surface area contributed by atoms with Crippen molar-refractivity contribution in [1.29, 1.82) is 0 Å². The molecule has 1 aliphatic heterocycles. The van der Waals surface area contributed by atoms with Crippen LogP contribution in [0.2, 0.25) is 0 Å². The van der Waals surface area contributed by atoms with Gasteiger partial charge in [-0.25, -0.2) is 0 Å². The molecule has 1 saturated heterocycles. The van der Waals surface area contributed by atoms with Crippen molar-refractivity contribution in [2.45, 2.75) is 12.1 Å². The minimum absolute atomic E-state index is 0.408. The largest absolute Gasteiger partial charge is 0.301 e. The van der Waals surface area contributed by atoms with Gasteiger partial charge in [0.2, 0.25) is 0 Å². The highest BCUT2D eigenvalue weighted by Crippen LogP contribution is 2.61. The summed E-state index contributed by atoms with van der Waals surface area (Å²) < 4.78 is 0. The van der Waals surface area contributed by atoms with E-state index in [1.807, 2.05) is 0 Å². The molecular weight excluding hydrogens is 210 g/mol. The quantitative estimate of drug-likeness (QED) is 0.687. The molecule has 84 valence electrons. The van der Waals surface area contributed by atoms with Crippen molar-refractivity contribution in [2.75, 3.05) is 7.11 Å². The first-order valence-corrected chi connectivity index (χ1v) is 5.92. The lowest BCUT2D eigenvalue weighted by atomic mass is 9.86. The Morgan fingerprint density at radius 1 is 0.824 bits per heavy atom. The maximum absolute atomic E-state index is 5.46. The van der Waals surface area contributed by atoms with Crippen LogP contribution in [-0.2, 0) is 4.84 Å². The van der Waals surface area contributed by atoms with Gasteiger partial charge in [-0.1, -0.05) is 48.5 Å². The van der Waals surface area contributed by atoms with Crippen LogP contribution in [0.4, 0.5) is 0 Å². The fourth-order valence-corrected chi connectivity index (χ4v) is 3.05. The van der Waals surface area contributed by atoms with Gasteiger partial charge in [0.15, 0.2) is 0 Å². The molecule has 0 aromatic heterocycles. The van der Waals surface area contributed by atoms with Gasteiger partial charge in [-0.15, -0.1) is 0 Å². The van der Waals surface area contributed by atoms with Crippen LogP contribution in [0.1, 0.15) is 23.2 Å². The molecule has 1 fully saturated rings. The molecule has 0 spiro atoms. The minimum Gasteiger partial charge on any atom is -0.301 e. The number of hydroxylamine groups is 2. The van der Waals surface area contributed by atoms with E-state index in [2.05, 4.69) is 53.6 Å². The van der Waals surface area contributed by atoms with Crippen molar-refractivity contribution in [1.82, 2.24) is 5.06 Å². The Balaban J connectivity index is 2.00. The molecule has 0 radical (unpaired) electrons. The van der Waals surface area contributed by atoms with E-state index in [0.29, 0.717) is 12.1 Å². The molecule has 1 heterocycles. The van der Waals surface area contributed by atoms with Crippen molar-refractivity contribution in [3.05, 3.63) is 59.7 Å². The van der Waals surface area contributed by atoms with Crippen molar-refractivity contribution in [2.24, 2.45) is 0 Å². The number of nitrogens with zero attached hydrogens (tertiary/aromatic N) is 1. The Hall–Kier alpha value is -1.64. The highest BCUT2D eigenvalue weighted by atomic mass is 16.7. The maximum atomic E-state index is 5.46. The van der Waals surface area contributed by atoms with E-state index in [-0.39, 0.29) is 0 Å². The summed E-state index contributed by atoms with van der Waals surface area (Å²) in [6.07, 6.45) is 0. The van der Waals surface area contributed by atoms with E-state index in [1.54, 1.807) is 7.11 Å². The van der Waals surface area contributed by atoms with Crippen molar-refractivity contribution in [3.8, 4) is 11.1 Å². The molecule has 1 aliphatic carbocycles. The Morgan fingerprint density at radius 3 is 1.76 bits per heavy atom. The summed E-state index contributed by atoms with van der Waals surface area (Å²) in [6, 6.07) is 18.1. The second-order valence-electron chi connectivity index (χ2n) is 4.61. The minimum atomic E-state index is 0.408. The van der Waals surface area contributed by atoms with E-state index in [9.17, 15) is 0 Å². The molecule has 4 rings (SSSR count). The standard InChI is InChI=1S/C15H13NO/c1-17-16-14-12-8-4-2-6-10(12)11-7-3-5-9-13(11)15(14)16/h2-9,14-15H,1H3. The second-order valence-corrected chi connectivity index (χ2v) is 4.61. The first kappa shape index (κ1) is 9.40. The Labute approximate surface area is 100 Å². The molecule has 2 heteroatoms. The number of hydrogen-bond donors (Lipinski definition) is 0. The molecular formula is C15H13NO. The van der Waals surface area contributed by atoms with Gasteiger partial charge in [-0.3, -0.25) is 0 Å². The van der Waals surface area contributed by atoms with Gasteiger partial charge >= 0.3 is 0 Å². The predicted octanol–water partition coefficient (Wildman–Crippen LogP) is 3.33. The summed E-state index contributed by atoms with van der Waals surface area (Å²) in [6.45, 7) is 0. The highest BCUT2D eigenvalue weighted by Gasteiger charge is 2.54. The van der Waals surface area contributed by atoms with Gasteiger partial charge in [-0.05, 0) is 22.3 Å². The summed E-state index contributed by atoms with van der Waals surface area (Å²) in [5.41, 5.74) is 5.48. The van der Waals surface area contributed by atoms with Crippen molar-refractivity contribution < 1.29 is 4.84 Å². The Bertz CT molecular complexity index is 541. The Morgan fingerprint density at radius 2 is 1.29 bits per heavy atom. The average Bonchev–Trinajstić information content (AvgIpc) is 3.14. The third kappa shape index (κ3) is 1.11. The van der Waals surface area contributed by atoms with Gasteiger partial charge in [0.25, 0.3) is 0 Å². The van der Waals surface area contributed by atoms with Gasteiger partial charge in [0.1, 0.15) is 0 Å². The molecule has 0 N–H and O–H groups in total. The summed E-state index contributed by atoms with van der Waals surface area (Å²) >= 11 is 0. The smallest absolute Gasteiger partial charge is 0.0836 e. The van der Waals surface area contributed by atoms with Crippen LogP contribution >= 0.6 is 0 Å². The number of fused-ring (bicyclic) bond motifs is 6. The van der Waals surface area contributed by atoms with Crippen LogP contribution in [0.3, 0.4) is 0 Å². The second kappa shape index (κ2) is 3.19. The monoisotopic (exact) mass is 223 g/mol. The molecule has 0 amide bonds. The van der Waals surface area contributed by atoms with Crippen LogP contribution in [0.15, 0.2) is 48.5 Å². The van der Waals surface area contributed by atoms with Crippen LogP contribution in [-0.4, -0.2) is 12.2 Å². The summed E-state index contributed by atoms with van der Waals surface area (Å²) in [4.78, 5) is 5.46. The lowest BCUT2D eigenvalue weighted by Crippen LogP contribution is -1.98. The van der Waals surface area contributed by atoms with Gasteiger partial charge in [0, 0.05) is 0 Å². The number of rotatable bonds is 1. The third-order valence-electron chi connectivity index (χ3n) is 3.82. The fourth-order valence-electron chi connectivity index (χ4n) is 3.05. The molecule has 17 heavy (non-hydrogen) atoms. The first-order chi connectivity index (χ1) is 8.42. The SMILES string of the molecule is CON1C2c3ccccc3-c3ccccc3C21. The van der Waals surface area contributed by atoms with E-state index in [1.165, 1.54) is 22.3 Å².